The average molecular weight is 432 g/mol. The molecular formula is C23H24N6O3. The molecule has 2 aromatic heterocycles. The Balaban J connectivity index is 1.19. The first-order valence-corrected chi connectivity index (χ1v) is 11.1. The van der Waals surface area contributed by atoms with E-state index in [9.17, 15) is 9.59 Å². The van der Waals surface area contributed by atoms with E-state index in [-0.39, 0.29) is 30.2 Å². The van der Waals surface area contributed by atoms with Crippen LogP contribution >= 0.6 is 0 Å². The fourth-order valence-corrected chi connectivity index (χ4v) is 5.42. The van der Waals surface area contributed by atoms with E-state index in [2.05, 4.69) is 27.4 Å². The molecular weight excluding hydrogens is 408 g/mol. The summed E-state index contributed by atoms with van der Waals surface area (Å²) in [5.41, 5.74) is 4.92. The number of benzene rings is 1. The van der Waals surface area contributed by atoms with Crippen LogP contribution in [0.4, 0.5) is 4.79 Å². The Hall–Kier alpha value is -3.49. The lowest BCUT2D eigenvalue weighted by Gasteiger charge is -2.37. The Bertz CT molecular complexity index is 1250. The molecule has 2 aliphatic heterocycles. The van der Waals surface area contributed by atoms with Crippen LogP contribution in [0.1, 0.15) is 51.9 Å². The van der Waals surface area contributed by atoms with Crippen LogP contribution in [0.3, 0.4) is 0 Å². The van der Waals surface area contributed by atoms with Crippen LogP contribution in [0.5, 0.6) is 0 Å². The second kappa shape index (κ2) is 7.01. The van der Waals surface area contributed by atoms with Gasteiger partial charge in [-0.1, -0.05) is 24.3 Å². The van der Waals surface area contributed by atoms with E-state index >= 15 is 0 Å². The lowest BCUT2D eigenvalue weighted by molar-refractivity contribution is 0.0627. The molecule has 9 nitrogen and oxygen atoms in total. The highest BCUT2D eigenvalue weighted by molar-refractivity contribution is 5.93. The second-order valence-corrected chi connectivity index (χ2v) is 8.89. The second-order valence-electron chi connectivity index (χ2n) is 8.89. The Labute approximate surface area is 185 Å². The summed E-state index contributed by atoms with van der Waals surface area (Å²) in [5.74, 6) is -0.142. The number of fused-ring (bicyclic) bond motifs is 4. The van der Waals surface area contributed by atoms with Gasteiger partial charge in [0, 0.05) is 31.6 Å². The number of hydrogen-bond donors (Lipinski definition) is 0. The highest BCUT2D eigenvalue weighted by Crippen LogP contribution is 2.44. The van der Waals surface area contributed by atoms with Gasteiger partial charge < -0.3 is 9.64 Å². The molecule has 1 aliphatic carbocycles. The quantitative estimate of drug-likeness (QED) is 0.618. The van der Waals surface area contributed by atoms with Crippen molar-refractivity contribution in [3.05, 3.63) is 58.5 Å². The Morgan fingerprint density at radius 3 is 2.72 bits per heavy atom. The molecule has 2 fully saturated rings. The number of carbonyl (C=O) groups is 2. The number of nitrogens with zero attached hydrogens (tertiary/aromatic N) is 6. The van der Waals surface area contributed by atoms with Crippen molar-refractivity contribution >= 4 is 17.6 Å². The molecule has 0 spiro atoms. The third-order valence-corrected chi connectivity index (χ3v) is 6.98. The van der Waals surface area contributed by atoms with Gasteiger partial charge in [0.15, 0.2) is 11.3 Å². The molecule has 0 bridgehead atoms. The summed E-state index contributed by atoms with van der Waals surface area (Å²) in [4.78, 5) is 29.6. The number of piperidine rings is 1. The van der Waals surface area contributed by atoms with Gasteiger partial charge in [0.25, 0.3) is 5.91 Å². The normalized spacial score (nSPS) is 22.9. The molecule has 9 heteroatoms. The van der Waals surface area contributed by atoms with Gasteiger partial charge in [-0.05, 0) is 37.8 Å². The standard InChI is InChI=1S/C23H24N6O3/c1-13-11-19-24-25-20(14(2)29(19)26-13)22(30)27-9-7-16(8-10-27)28-21-17-6-4-3-5-15(17)12-18(21)32-23(28)31/h3-6,11,16,18,21H,7-10,12H2,1-2H3/t18-,21+/m0/s1. The largest absolute Gasteiger partial charge is 0.443 e. The smallest absolute Gasteiger partial charge is 0.411 e. The lowest BCUT2D eigenvalue weighted by atomic mass is 9.99. The Kier molecular flexibility index (Phi) is 4.21. The zero-order valence-corrected chi connectivity index (χ0v) is 18.1. The lowest BCUT2D eigenvalue weighted by Crippen LogP contribution is -2.48. The molecule has 6 rings (SSSR count). The zero-order valence-electron chi connectivity index (χ0n) is 18.1. The van der Waals surface area contributed by atoms with Gasteiger partial charge in [0.05, 0.1) is 17.4 Å². The van der Waals surface area contributed by atoms with Crippen molar-refractivity contribution in [3.63, 3.8) is 0 Å². The minimum Gasteiger partial charge on any atom is -0.443 e. The maximum atomic E-state index is 13.2. The molecule has 2 amide bonds. The number of hydrogen-bond acceptors (Lipinski definition) is 6. The molecule has 0 N–H and O–H groups in total. The molecule has 3 aliphatic rings. The highest BCUT2D eigenvalue weighted by atomic mass is 16.6. The monoisotopic (exact) mass is 432 g/mol. The SMILES string of the molecule is Cc1cc2nnc(C(=O)N3CCC(N4C(=O)O[C@H]5Cc6ccccc6[C@H]54)CC3)c(C)n2n1. The van der Waals surface area contributed by atoms with E-state index in [4.69, 9.17) is 4.74 Å². The maximum absolute atomic E-state index is 13.2. The Morgan fingerprint density at radius 1 is 1.12 bits per heavy atom. The van der Waals surface area contributed by atoms with Crippen LogP contribution in [0.25, 0.3) is 5.65 Å². The van der Waals surface area contributed by atoms with Crippen molar-refractivity contribution in [2.75, 3.05) is 13.1 Å². The molecule has 4 heterocycles. The van der Waals surface area contributed by atoms with Crippen molar-refractivity contribution < 1.29 is 14.3 Å². The Morgan fingerprint density at radius 2 is 1.91 bits per heavy atom. The molecule has 164 valence electrons. The molecule has 0 saturated carbocycles. The van der Waals surface area contributed by atoms with E-state index in [0.29, 0.717) is 43.0 Å². The maximum Gasteiger partial charge on any atom is 0.411 e. The number of rotatable bonds is 2. The highest BCUT2D eigenvalue weighted by Gasteiger charge is 2.50. The fraction of sp³-hybridized carbons (Fsp3) is 0.435. The summed E-state index contributed by atoms with van der Waals surface area (Å²) in [6.45, 7) is 4.84. The van der Waals surface area contributed by atoms with Crippen molar-refractivity contribution in [2.24, 2.45) is 0 Å². The van der Waals surface area contributed by atoms with Gasteiger partial charge in [-0.25, -0.2) is 9.31 Å². The van der Waals surface area contributed by atoms with Crippen LogP contribution in [0, 0.1) is 13.8 Å². The van der Waals surface area contributed by atoms with Gasteiger partial charge in [-0.2, -0.15) is 5.10 Å². The molecule has 2 atom stereocenters. The van der Waals surface area contributed by atoms with E-state index in [0.717, 1.165) is 12.1 Å². The van der Waals surface area contributed by atoms with Crippen molar-refractivity contribution in [2.45, 2.75) is 51.3 Å². The predicted octanol–water partition coefficient (Wildman–Crippen LogP) is 2.46. The number of aryl methyl sites for hydroxylation is 2. The molecule has 1 aromatic carbocycles. The molecule has 3 aromatic rings. The topological polar surface area (TPSA) is 92.9 Å². The first kappa shape index (κ1) is 19.2. The first-order valence-electron chi connectivity index (χ1n) is 11.1. The summed E-state index contributed by atoms with van der Waals surface area (Å²) >= 11 is 0. The van der Waals surface area contributed by atoms with Crippen LogP contribution < -0.4 is 0 Å². The number of likely N-dealkylation sites (tertiary alicyclic amines) is 1. The number of amides is 2. The van der Waals surface area contributed by atoms with E-state index in [1.54, 1.807) is 9.42 Å². The molecule has 32 heavy (non-hydrogen) atoms. The van der Waals surface area contributed by atoms with Crippen LogP contribution in [-0.2, 0) is 11.2 Å². The molecule has 0 radical (unpaired) electrons. The van der Waals surface area contributed by atoms with Gasteiger partial charge in [-0.15, -0.1) is 10.2 Å². The van der Waals surface area contributed by atoms with E-state index in [1.807, 2.05) is 36.9 Å². The minimum atomic E-state index is -0.236. The molecule has 2 saturated heterocycles. The zero-order chi connectivity index (χ0) is 22.0. The van der Waals surface area contributed by atoms with Gasteiger partial charge in [0.2, 0.25) is 0 Å². The summed E-state index contributed by atoms with van der Waals surface area (Å²) in [7, 11) is 0. The predicted molar refractivity (Wildman–Crippen MR) is 114 cm³/mol. The van der Waals surface area contributed by atoms with Crippen molar-refractivity contribution in [1.82, 2.24) is 29.6 Å². The van der Waals surface area contributed by atoms with Gasteiger partial charge in [0.1, 0.15) is 6.10 Å². The van der Waals surface area contributed by atoms with Crippen LogP contribution in [0.15, 0.2) is 30.3 Å². The van der Waals surface area contributed by atoms with E-state index in [1.165, 1.54) is 11.1 Å². The summed E-state index contributed by atoms with van der Waals surface area (Å²) in [6, 6.07) is 10.1. The van der Waals surface area contributed by atoms with Gasteiger partial charge in [-0.3, -0.25) is 9.69 Å². The number of ether oxygens (including phenoxy) is 1. The van der Waals surface area contributed by atoms with Crippen LogP contribution in [-0.4, -0.2) is 66.8 Å². The van der Waals surface area contributed by atoms with Crippen molar-refractivity contribution in [1.29, 1.82) is 0 Å². The number of carbonyl (C=O) groups excluding carboxylic acids is 2. The van der Waals surface area contributed by atoms with E-state index < -0.39 is 0 Å². The van der Waals surface area contributed by atoms with Crippen LogP contribution in [0.2, 0.25) is 0 Å². The fourth-order valence-electron chi connectivity index (χ4n) is 5.42. The summed E-state index contributed by atoms with van der Waals surface area (Å²) in [5, 5.41) is 12.8. The summed E-state index contributed by atoms with van der Waals surface area (Å²) < 4.78 is 7.38. The minimum absolute atomic E-state index is 0.0236. The average Bonchev–Trinajstić information content (AvgIpc) is 3.44. The third kappa shape index (κ3) is 2.80. The third-order valence-electron chi connectivity index (χ3n) is 6.98. The summed E-state index contributed by atoms with van der Waals surface area (Å²) in [6.07, 6.45) is 1.85. The van der Waals surface area contributed by atoms with Gasteiger partial charge >= 0.3 is 6.09 Å². The molecule has 0 unspecified atom stereocenters. The number of aromatic nitrogens is 4. The van der Waals surface area contributed by atoms with Crippen molar-refractivity contribution in [3.8, 4) is 0 Å². The first-order chi connectivity index (χ1) is 15.5.